The average Bonchev–Trinajstić information content (AvgIpc) is 2.95. The number of thiazole rings is 1. The number of rotatable bonds is 4. The van der Waals surface area contributed by atoms with Crippen LogP contribution in [0.2, 0.25) is 0 Å². The highest BCUT2D eigenvalue weighted by Crippen LogP contribution is 2.22. The van der Waals surface area contributed by atoms with Crippen molar-refractivity contribution in [1.29, 1.82) is 0 Å². The molecule has 1 aliphatic rings. The Labute approximate surface area is 132 Å². The van der Waals surface area contributed by atoms with Gasteiger partial charge < -0.3 is 10.6 Å². The number of aromatic nitrogens is 1. The number of anilines is 1. The van der Waals surface area contributed by atoms with E-state index in [1.54, 1.807) is 12.3 Å². The molecule has 1 aromatic carbocycles. The fourth-order valence-electron chi connectivity index (χ4n) is 2.58. The van der Waals surface area contributed by atoms with Crippen molar-refractivity contribution < 1.29 is 9.18 Å². The molecule has 1 aliphatic heterocycles. The molecule has 22 heavy (non-hydrogen) atoms. The van der Waals surface area contributed by atoms with E-state index in [0.717, 1.165) is 36.4 Å². The molecule has 1 unspecified atom stereocenters. The van der Waals surface area contributed by atoms with Crippen LogP contribution in [0.15, 0.2) is 30.5 Å². The van der Waals surface area contributed by atoms with Crippen LogP contribution in [0.4, 0.5) is 9.52 Å². The number of halogens is 1. The molecule has 6 heteroatoms. The number of carbonyl (C=O) groups is 1. The van der Waals surface area contributed by atoms with E-state index < -0.39 is 0 Å². The molecular weight excluding hydrogens is 301 g/mol. The highest BCUT2D eigenvalue weighted by molar-refractivity contribution is 7.15. The Morgan fingerprint density at radius 1 is 1.50 bits per heavy atom. The van der Waals surface area contributed by atoms with Crippen LogP contribution in [0.5, 0.6) is 0 Å². The first-order valence-electron chi connectivity index (χ1n) is 7.41. The minimum Gasteiger partial charge on any atom is -0.316 e. The van der Waals surface area contributed by atoms with Crippen molar-refractivity contribution in [2.45, 2.75) is 19.3 Å². The fourth-order valence-corrected chi connectivity index (χ4v) is 3.43. The van der Waals surface area contributed by atoms with E-state index in [-0.39, 0.29) is 17.6 Å². The van der Waals surface area contributed by atoms with Crippen LogP contribution in [-0.2, 0) is 11.2 Å². The van der Waals surface area contributed by atoms with E-state index in [1.807, 2.05) is 6.07 Å². The predicted molar refractivity (Wildman–Crippen MR) is 85.5 cm³/mol. The Morgan fingerprint density at radius 3 is 3.18 bits per heavy atom. The van der Waals surface area contributed by atoms with E-state index >= 15 is 0 Å². The second-order valence-electron chi connectivity index (χ2n) is 5.47. The molecule has 1 atom stereocenters. The van der Waals surface area contributed by atoms with Gasteiger partial charge in [-0.3, -0.25) is 4.79 Å². The highest BCUT2D eigenvalue weighted by atomic mass is 32.1. The maximum atomic E-state index is 13.2. The molecular formula is C16H18FN3OS. The number of amides is 1. The van der Waals surface area contributed by atoms with Crippen molar-refractivity contribution >= 4 is 22.4 Å². The van der Waals surface area contributed by atoms with E-state index in [9.17, 15) is 9.18 Å². The van der Waals surface area contributed by atoms with Gasteiger partial charge in [0.15, 0.2) is 5.13 Å². The zero-order valence-corrected chi connectivity index (χ0v) is 13.0. The van der Waals surface area contributed by atoms with Crippen molar-refractivity contribution in [2.24, 2.45) is 5.92 Å². The zero-order chi connectivity index (χ0) is 15.4. The molecule has 116 valence electrons. The topological polar surface area (TPSA) is 54.0 Å². The third-order valence-electron chi connectivity index (χ3n) is 3.72. The van der Waals surface area contributed by atoms with Crippen LogP contribution in [0, 0.1) is 11.7 Å². The number of nitrogens with zero attached hydrogens (tertiary/aromatic N) is 1. The molecule has 0 aliphatic carbocycles. The number of piperidine rings is 1. The molecule has 2 N–H and O–H groups in total. The lowest BCUT2D eigenvalue weighted by atomic mass is 9.99. The number of hydrogen-bond donors (Lipinski definition) is 2. The standard InChI is InChI=1S/C16H18FN3OS/c17-13-5-1-3-11(7-13)8-14-10-19-16(22-14)20-15(21)12-4-2-6-18-9-12/h1,3,5,7,10,12,18H,2,4,6,8-9H2,(H,19,20,21). The summed E-state index contributed by atoms with van der Waals surface area (Å²) in [5.41, 5.74) is 0.901. The van der Waals surface area contributed by atoms with Crippen molar-refractivity contribution in [1.82, 2.24) is 10.3 Å². The molecule has 2 aromatic rings. The van der Waals surface area contributed by atoms with Crippen LogP contribution >= 0.6 is 11.3 Å². The Hall–Kier alpha value is -1.79. The SMILES string of the molecule is O=C(Nc1ncc(Cc2cccc(F)c2)s1)C1CCCNC1. The quantitative estimate of drug-likeness (QED) is 0.911. The molecule has 1 amide bonds. The lowest BCUT2D eigenvalue weighted by Gasteiger charge is -2.21. The molecule has 3 rings (SSSR count). The maximum absolute atomic E-state index is 13.2. The Bertz CT molecular complexity index is 652. The first-order chi connectivity index (χ1) is 10.7. The molecule has 0 radical (unpaired) electrons. The van der Waals surface area contributed by atoms with E-state index in [2.05, 4.69) is 15.6 Å². The summed E-state index contributed by atoms with van der Waals surface area (Å²) in [7, 11) is 0. The highest BCUT2D eigenvalue weighted by Gasteiger charge is 2.21. The van der Waals surface area contributed by atoms with Gasteiger partial charge in [0, 0.05) is 24.0 Å². The summed E-state index contributed by atoms with van der Waals surface area (Å²) in [5, 5.41) is 6.73. The third-order valence-corrected chi connectivity index (χ3v) is 4.63. The van der Waals surface area contributed by atoms with E-state index in [4.69, 9.17) is 0 Å². The fraction of sp³-hybridized carbons (Fsp3) is 0.375. The van der Waals surface area contributed by atoms with Gasteiger partial charge in [-0.05, 0) is 37.1 Å². The second-order valence-corrected chi connectivity index (χ2v) is 6.59. The lowest BCUT2D eigenvalue weighted by Crippen LogP contribution is -2.37. The van der Waals surface area contributed by atoms with Gasteiger partial charge in [-0.2, -0.15) is 0 Å². The molecule has 0 spiro atoms. The number of nitrogens with one attached hydrogen (secondary N) is 2. The van der Waals surface area contributed by atoms with Gasteiger partial charge in [0.25, 0.3) is 0 Å². The summed E-state index contributed by atoms with van der Waals surface area (Å²) in [5.74, 6) is -0.191. The van der Waals surface area contributed by atoms with Gasteiger partial charge in [0.1, 0.15) is 5.82 Å². The third kappa shape index (κ3) is 3.90. The molecule has 0 bridgehead atoms. The van der Waals surface area contributed by atoms with E-state index in [0.29, 0.717) is 11.6 Å². The number of hydrogen-bond acceptors (Lipinski definition) is 4. The Balaban J connectivity index is 1.60. The summed E-state index contributed by atoms with van der Waals surface area (Å²) in [6.45, 7) is 1.71. The summed E-state index contributed by atoms with van der Waals surface area (Å²) in [6.07, 6.45) is 4.31. The van der Waals surface area contributed by atoms with Crippen LogP contribution in [-0.4, -0.2) is 24.0 Å². The largest absolute Gasteiger partial charge is 0.316 e. The van der Waals surface area contributed by atoms with Gasteiger partial charge in [0.2, 0.25) is 5.91 Å². The van der Waals surface area contributed by atoms with Gasteiger partial charge in [-0.25, -0.2) is 9.37 Å². The molecule has 4 nitrogen and oxygen atoms in total. The van der Waals surface area contributed by atoms with Gasteiger partial charge in [0.05, 0.1) is 5.92 Å². The molecule has 1 aromatic heterocycles. The summed E-state index contributed by atoms with van der Waals surface area (Å²) < 4.78 is 13.2. The Morgan fingerprint density at radius 2 is 2.41 bits per heavy atom. The monoisotopic (exact) mass is 319 g/mol. The van der Waals surface area contributed by atoms with Gasteiger partial charge >= 0.3 is 0 Å². The first kappa shape index (κ1) is 15.1. The Kier molecular flexibility index (Phi) is 4.80. The van der Waals surface area contributed by atoms with Crippen LogP contribution < -0.4 is 10.6 Å². The molecule has 2 heterocycles. The maximum Gasteiger partial charge on any atom is 0.230 e. The van der Waals surface area contributed by atoms with E-state index in [1.165, 1.54) is 23.5 Å². The van der Waals surface area contributed by atoms with Crippen LogP contribution in [0.25, 0.3) is 0 Å². The number of carbonyl (C=O) groups excluding carboxylic acids is 1. The second kappa shape index (κ2) is 6.98. The first-order valence-corrected chi connectivity index (χ1v) is 8.23. The minimum absolute atomic E-state index is 0.0179. The summed E-state index contributed by atoms with van der Waals surface area (Å²) >= 11 is 1.44. The van der Waals surface area contributed by atoms with Crippen LogP contribution in [0.3, 0.4) is 0 Å². The van der Waals surface area contributed by atoms with Crippen molar-refractivity contribution in [3.8, 4) is 0 Å². The zero-order valence-electron chi connectivity index (χ0n) is 12.1. The summed E-state index contributed by atoms with van der Waals surface area (Å²) in [6, 6.07) is 6.53. The molecule has 1 saturated heterocycles. The number of benzene rings is 1. The molecule has 1 fully saturated rings. The van der Waals surface area contributed by atoms with Crippen molar-refractivity contribution in [2.75, 3.05) is 18.4 Å². The summed E-state index contributed by atoms with van der Waals surface area (Å²) in [4.78, 5) is 17.4. The predicted octanol–water partition coefficient (Wildman–Crippen LogP) is 2.81. The average molecular weight is 319 g/mol. The lowest BCUT2D eigenvalue weighted by molar-refractivity contribution is -0.120. The van der Waals surface area contributed by atoms with Crippen molar-refractivity contribution in [3.63, 3.8) is 0 Å². The van der Waals surface area contributed by atoms with Gasteiger partial charge in [-0.1, -0.05) is 12.1 Å². The van der Waals surface area contributed by atoms with Gasteiger partial charge in [-0.15, -0.1) is 11.3 Å². The minimum atomic E-state index is -0.236. The molecule has 0 saturated carbocycles. The van der Waals surface area contributed by atoms with Crippen LogP contribution in [0.1, 0.15) is 23.3 Å². The normalized spacial score (nSPS) is 18.1. The van der Waals surface area contributed by atoms with Crippen molar-refractivity contribution in [3.05, 3.63) is 46.7 Å². The smallest absolute Gasteiger partial charge is 0.230 e.